The molecule has 12 aromatic carbocycles. The van der Waals surface area contributed by atoms with Crippen LogP contribution in [0.5, 0.6) is 0 Å². The molecular formula is C73H56FN3. The normalized spacial score (nSPS) is 12.3. The monoisotopic (exact) mass is 993 g/mol. The lowest BCUT2D eigenvalue weighted by molar-refractivity contribution is 0.628. The molecule has 3 nitrogen and oxygen atoms in total. The molecule has 0 saturated carbocycles. The van der Waals surface area contributed by atoms with Gasteiger partial charge in [0.25, 0.3) is 0 Å². The molecule has 1 aliphatic rings. The first-order chi connectivity index (χ1) is 37.7. The first-order valence-corrected chi connectivity index (χ1v) is 26.5. The highest BCUT2D eigenvalue weighted by molar-refractivity contribution is 6.10. The molecule has 0 unspecified atom stereocenters. The van der Waals surface area contributed by atoms with E-state index in [4.69, 9.17) is 0 Å². The summed E-state index contributed by atoms with van der Waals surface area (Å²) in [6.45, 7) is 9.06. The van der Waals surface area contributed by atoms with Crippen LogP contribution in [-0.4, -0.2) is 0 Å². The molecule has 0 fully saturated rings. The zero-order valence-electron chi connectivity index (χ0n) is 43.6. The van der Waals surface area contributed by atoms with Crippen LogP contribution in [0.3, 0.4) is 0 Å². The number of hydrogen-bond donors (Lipinski definition) is 0. The molecule has 0 heterocycles. The average molecular weight is 994 g/mol. The number of aryl methyl sites for hydroxylation is 2. The van der Waals surface area contributed by atoms with Gasteiger partial charge in [-0.05, 0) is 201 Å². The Morgan fingerprint density at radius 2 is 0.766 bits per heavy atom. The van der Waals surface area contributed by atoms with E-state index in [1.54, 1.807) is 0 Å². The second kappa shape index (κ2) is 19.3. The van der Waals surface area contributed by atoms with Crippen molar-refractivity contribution in [1.29, 1.82) is 0 Å². The van der Waals surface area contributed by atoms with Crippen molar-refractivity contribution in [2.75, 3.05) is 14.7 Å². The van der Waals surface area contributed by atoms with Crippen LogP contribution in [0.15, 0.2) is 267 Å². The minimum absolute atomic E-state index is 0.276. The van der Waals surface area contributed by atoms with Crippen LogP contribution in [0.4, 0.5) is 55.6 Å². The maximum atomic E-state index is 14.6. The van der Waals surface area contributed by atoms with Gasteiger partial charge in [-0.25, -0.2) is 4.39 Å². The average Bonchev–Trinajstić information content (AvgIpc) is 3.78. The molecule has 0 spiro atoms. The Labute approximate surface area is 451 Å². The fourth-order valence-electron chi connectivity index (χ4n) is 12.0. The van der Waals surface area contributed by atoms with E-state index in [1.165, 1.54) is 67.1 Å². The van der Waals surface area contributed by atoms with Gasteiger partial charge < -0.3 is 14.7 Å². The largest absolute Gasteiger partial charge is 0.310 e. The van der Waals surface area contributed by atoms with Crippen molar-refractivity contribution in [3.63, 3.8) is 0 Å². The summed E-state index contributed by atoms with van der Waals surface area (Å²) in [5, 5.41) is 5.04. The van der Waals surface area contributed by atoms with E-state index in [0.717, 1.165) is 73.4 Å². The van der Waals surface area contributed by atoms with Crippen molar-refractivity contribution in [3.8, 4) is 33.4 Å². The van der Waals surface area contributed by atoms with Crippen molar-refractivity contribution in [1.82, 2.24) is 0 Å². The molecule has 13 rings (SSSR count). The Morgan fingerprint density at radius 1 is 0.299 bits per heavy atom. The summed E-state index contributed by atoms with van der Waals surface area (Å²) in [4.78, 5) is 6.95. The first kappa shape index (κ1) is 47.2. The van der Waals surface area contributed by atoms with Crippen LogP contribution in [0.2, 0.25) is 0 Å². The Balaban J connectivity index is 1.02. The maximum Gasteiger partial charge on any atom is 0.123 e. The molecule has 370 valence electrons. The van der Waals surface area contributed by atoms with Crippen LogP contribution < -0.4 is 14.7 Å². The van der Waals surface area contributed by atoms with Crippen LogP contribution in [0, 0.1) is 19.7 Å². The molecule has 0 aromatic heterocycles. The van der Waals surface area contributed by atoms with E-state index in [9.17, 15) is 4.39 Å². The summed E-state index contributed by atoms with van der Waals surface area (Å²) >= 11 is 0. The Kier molecular flexibility index (Phi) is 11.8. The zero-order chi connectivity index (χ0) is 52.2. The van der Waals surface area contributed by atoms with E-state index >= 15 is 0 Å². The van der Waals surface area contributed by atoms with Crippen molar-refractivity contribution >= 4 is 72.7 Å². The minimum atomic E-state index is -0.305. The molecule has 0 bridgehead atoms. The zero-order valence-corrected chi connectivity index (χ0v) is 43.6. The van der Waals surface area contributed by atoms with Gasteiger partial charge in [-0.2, -0.15) is 0 Å². The Morgan fingerprint density at radius 3 is 1.39 bits per heavy atom. The molecule has 77 heavy (non-hydrogen) atoms. The summed E-state index contributed by atoms with van der Waals surface area (Å²) in [7, 11) is 0. The van der Waals surface area contributed by atoms with E-state index in [2.05, 4.69) is 285 Å². The topological polar surface area (TPSA) is 9.72 Å². The molecule has 4 heteroatoms. The van der Waals surface area contributed by atoms with Gasteiger partial charge in [-0.3, -0.25) is 0 Å². The molecule has 0 N–H and O–H groups in total. The standard InChI is InChI=1S/C73H56FN3/c1-49-33-38-57(39-34-49)76(60-25-13-22-53(44-60)51-18-6-5-7-19-51)63-28-16-30-65(48-63)77(64-29-15-27-62(47-64)75(58-40-36-56(74)37-41-58)59-24-12-17-50(2)43-59)61-26-14-23-54(45-61)69-46-55-21-9-10-31-66(55)70-68-42-35-52-20-8-11-32-67(52)71(68)73(3,4)72(69)70/h5-48H,1-4H3. The fourth-order valence-corrected chi connectivity index (χ4v) is 12.0. The minimum Gasteiger partial charge on any atom is -0.310 e. The molecule has 0 radical (unpaired) electrons. The van der Waals surface area contributed by atoms with Crippen LogP contribution in [-0.2, 0) is 5.41 Å². The molecule has 0 amide bonds. The highest BCUT2D eigenvalue weighted by atomic mass is 19.1. The van der Waals surface area contributed by atoms with Crippen LogP contribution in [0.25, 0.3) is 54.9 Å². The van der Waals surface area contributed by atoms with Gasteiger partial charge in [-0.15, -0.1) is 0 Å². The van der Waals surface area contributed by atoms with Gasteiger partial charge in [0.1, 0.15) is 5.82 Å². The second-order valence-corrected chi connectivity index (χ2v) is 20.9. The lowest BCUT2D eigenvalue weighted by Crippen LogP contribution is -2.17. The molecule has 12 aromatic rings. The van der Waals surface area contributed by atoms with Gasteiger partial charge in [0.05, 0.1) is 0 Å². The summed E-state index contributed by atoms with van der Waals surface area (Å²) in [6, 6.07) is 94.9. The van der Waals surface area contributed by atoms with Crippen molar-refractivity contribution in [3.05, 3.63) is 295 Å². The number of rotatable bonds is 11. The quantitative estimate of drug-likeness (QED) is 0.128. The summed E-state index contributed by atoms with van der Waals surface area (Å²) < 4.78 is 14.6. The Bertz CT molecular complexity index is 4180. The third-order valence-electron chi connectivity index (χ3n) is 15.5. The lowest BCUT2D eigenvalue weighted by atomic mass is 9.76. The predicted octanol–water partition coefficient (Wildman–Crippen LogP) is 20.8. The van der Waals surface area contributed by atoms with E-state index in [0.29, 0.717) is 0 Å². The van der Waals surface area contributed by atoms with Gasteiger partial charge >= 0.3 is 0 Å². The summed E-state index contributed by atoms with van der Waals surface area (Å²) in [5.74, 6) is -0.276. The fraction of sp³-hybridized carbons (Fsp3) is 0.0685. The molecular weight excluding hydrogens is 938 g/mol. The molecule has 0 aliphatic heterocycles. The molecule has 0 saturated heterocycles. The third-order valence-corrected chi connectivity index (χ3v) is 15.5. The van der Waals surface area contributed by atoms with E-state index in [1.807, 2.05) is 12.1 Å². The van der Waals surface area contributed by atoms with Crippen molar-refractivity contribution in [2.24, 2.45) is 0 Å². The van der Waals surface area contributed by atoms with Gasteiger partial charge in [0.15, 0.2) is 0 Å². The summed E-state index contributed by atoms with van der Waals surface area (Å²) in [5.41, 5.74) is 20.9. The Hall–Kier alpha value is -9.51. The number of hydrogen-bond acceptors (Lipinski definition) is 3. The van der Waals surface area contributed by atoms with Gasteiger partial charge in [-0.1, -0.05) is 171 Å². The highest BCUT2D eigenvalue weighted by Gasteiger charge is 2.40. The number of anilines is 9. The van der Waals surface area contributed by atoms with E-state index < -0.39 is 0 Å². The second-order valence-electron chi connectivity index (χ2n) is 20.9. The highest BCUT2D eigenvalue weighted by Crippen LogP contribution is 2.57. The predicted molar refractivity (Wildman–Crippen MR) is 323 cm³/mol. The van der Waals surface area contributed by atoms with E-state index in [-0.39, 0.29) is 11.2 Å². The first-order valence-electron chi connectivity index (χ1n) is 26.5. The number of halogens is 1. The van der Waals surface area contributed by atoms with Gasteiger partial charge in [0, 0.05) is 56.6 Å². The summed E-state index contributed by atoms with van der Waals surface area (Å²) in [6.07, 6.45) is 0. The maximum absolute atomic E-state index is 14.6. The number of nitrogens with zero attached hydrogens (tertiary/aromatic N) is 3. The number of fused-ring (bicyclic) bond motifs is 7. The molecule has 1 aliphatic carbocycles. The van der Waals surface area contributed by atoms with Gasteiger partial charge in [0.2, 0.25) is 0 Å². The third kappa shape index (κ3) is 8.58. The lowest BCUT2D eigenvalue weighted by Gasteiger charge is -2.31. The SMILES string of the molecule is Cc1ccc(N(c2cccc(-c3ccccc3)c2)c2cccc(N(c3cccc(-c4cc5ccccc5c5c4C(C)(C)c4c-5ccc5ccccc45)c3)c3cccc(N(c4ccc(F)cc4)c4cccc(C)c4)c3)c2)cc1. The van der Waals surface area contributed by atoms with Crippen molar-refractivity contribution < 1.29 is 4.39 Å². The van der Waals surface area contributed by atoms with Crippen LogP contribution in [0.1, 0.15) is 36.1 Å². The molecule has 0 atom stereocenters. The van der Waals surface area contributed by atoms with Crippen LogP contribution >= 0.6 is 0 Å². The number of benzene rings is 12. The smallest absolute Gasteiger partial charge is 0.123 e. The van der Waals surface area contributed by atoms with Crippen molar-refractivity contribution in [2.45, 2.75) is 33.1 Å².